The van der Waals surface area contributed by atoms with E-state index in [9.17, 15) is 4.79 Å². The Morgan fingerprint density at radius 1 is 1.31 bits per heavy atom. The summed E-state index contributed by atoms with van der Waals surface area (Å²) in [7, 11) is 1.71. The molecule has 0 atom stereocenters. The van der Waals surface area contributed by atoms with Gasteiger partial charge < -0.3 is 19.7 Å². The average Bonchev–Trinajstić information content (AvgIpc) is 2.74. The van der Waals surface area contributed by atoms with Gasteiger partial charge in [0.15, 0.2) is 0 Å². The Morgan fingerprint density at radius 2 is 2.07 bits per heavy atom. The molecule has 0 bridgehead atoms. The van der Waals surface area contributed by atoms with E-state index in [2.05, 4.69) is 22.4 Å². The first-order valence-electron chi connectivity index (χ1n) is 10.0. The first kappa shape index (κ1) is 20.0. The SMILES string of the molecule is COc1ccccc1C1(CNc2ncc(C(=O)N3CCOCC3)cc2Cl)CCC1. The molecule has 6 nitrogen and oxygen atoms in total. The molecule has 1 aliphatic heterocycles. The van der Waals surface area contributed by atoms with Gasteiger partial charge in [0, 0.05) is 36.8 Å². The van der Waals surface area contributed by atoms with Crippen LogP contribution in [0, 0.1) is 0 Å². The minimum absolute atomic E-state index is 0.0138. The molecule has 0 spiro atoms. The summed E-state index contributed by atoms with van der Waals surface area (Å²) in [5, 5.41) is 3.86. The molecule has 154 valence electrons. The summed E-state index contributed by atoms with van der Waals surface area (Å²) in [5.74, 6) is 1.46. The summed E-state index contributed by atoms with van der Waals surface area (Å²) >= 11 is 6.46. The number of benzene rings is 1. The van der Waals surface area contributed by atoms with Gasteiger partial charge in [0.1, 0.15) is 11.6 Å². The number of nitrogens with zero attached hydrogens (tertiary/aromatic N) is 2. The van der Waals surface area contributed by atoms with Gasteiger partial charge in [-0.2, -0.15) is 0 Å². The third-order valence-corrected chi connectivity index (χ3v) is 6.26. The Bertz CT molecular complexity index is 879. The van der Waals surface area contributed by atoms with Crippen molar-refractivity contribution < 1.29 is 14.3 Å². The predicted octanol–water partition coefficient (Wildman–Crippen LogP) is 3.75. The lowest BCUT2D eigenvalue weighted by atomic mass is 9.64. The molecule has 4 rings (SSSR count). The van der Waals surface area contributed by atoms with Crippen molar-refractivity contribution in [3.05, 3.63) is 52.7 Å². The number of hydrogen-bond acceptors (Lipinski definition) is 5. The number of methoxy groups -OCH3 is 1. The van der Waals surface area contributed by atoms with Crippen LogP contribution in [0.25, 0.3) is 0 Å². The van der Waals surface area contributed by atoms with Crippen molar-refractivity contribution in [2.45, 2.75) is 24.7 Å². The molecule has 2 aromatic rings. The number of pyridine rings is 1. The van der Waals surface area contributed by atoms with Crippen molar-refractivity contribution >= 4 is 23.3 Å². The Kier molecular flexibility index (Phi) is 5.92. The van der Waals surface area contributed by atoms with Crippen molar-refractivity contribution in [2.24, 2.45) is 0 Å². The topological polar surface area (TPSA) is 63.7 Å². The van der Waals surface area contributed by atoms with Crippen LogP contribution in [0.4, 0.5) is 5.82 Å². The number of morpholine rings is 1. The Hall–Kier alpha value is -2.31. The summed E-state index contributed by atoms with van der Waals surface area (Å²) in [5.41, 5.74) is 1.74. The fraction of sp³-hybridized carbons (Fsp3) is 0.455. The lowest BCUT2D eigenvalue weighted by Crippen LogP contribution is -2.41. The second-order valence-electron chi connectivity index (χ2n) is 7.65. The van der Waals surface area contributed by atoms with E-state index in [4.69, 9.17) is 21.1 Å². The molecule has 0 unspecified atom stereocenters. The number of rotatable bonds is 6. The van der Waals surface area contributed by atoms with E-state index in [-0.39, 0.29) is 11.3 Å². The average molecular weight is 416 g/mol. The van der Waals surface area contributed by atoms with E-state index in [1.165, 1.54) is 12.0 Å². The molecule has 1 N–H and O–H groups in total. The maximum atomic E-state index is 12.6. The van der Waals surface area contributed by atoms with Crippen LogP contribution < -0.4 is 10.1 Å². The summed E-state index contributed by atoms with van der Waals surface area (Å²) in [6.45, 7) is 3.04. The minimum atomic E-state index is -0.0567. The largest absolute Gasteiger partial charge is 0.496 e. The Morgan fingerprint density at radius 3 is 2.72 bits per heavy atom. The van der Waals surface area contributed by atoms with Crippen LogP contribution >= 0.6 is 11.6 Å². The van der Waals surface area contributed by atoms with Crippen LogP contribution in [0.1, 0.15) is 35.2 Å². The van der Waals surface area contributed by atoms with E-state index >= 15 is 0 Å². The van der Waals surface area contributed by atoms with Gasteiger partial charge >= 0.3 is 0 Å². The summed E-state index contributed by atoms with van der Waals surface area (Å²) in [4.78, 5) is 18.8. The highest BCUT2D eigenvalue weighted by molar-refractivity contribution is 6.33. The van der Waals surface area contributed by atoms with Gasteiger partial charge in [-0.25, -0.2) is 4.98 Å². The van der Waals surface area contributed by atoms with E-state index in [1.54, 1.807) is 24.3 Å². The molecular formula is C22H26ClN3O3. The van der Waals surface area contributed by atoms with Crippen LogP contribution in [0.5, 0.6) is 5.75 Å². The van der Waals surface area contributed by atoms with Crippen molar-refractivity contribution in [2.75, 3.05) is 45.3 Å². The van der Waals surface area contributed by atoms with Crippen molar-refractivity contribution in [1.29, 1.82) is 0 Å². The molecule has 2 fully saturated rings. The highest BCUT2D eigenvalue weighted by Gasteiger charge is 2.40. The maximum absolute atomic E-state index is 12.6. The van der Waals surface area contributed by atoms with Gasteiger partial charge in [-0.3, -0.25) is 4.79 Å². The number of para-hydroxylation sites is 1. The van der Waals surface area contributed by atoms with Gasteiger partial charge in [-0.1, -0.05) is 36.2 Å². The third kappa shape index (κ3) is 4.05. The van der Waals surface area contributed by atoms with Crippen LogP contribution in [-0.2, 0) is 10.2 Å². The van der Waals surface area contributed by atoms with Gasteiger partial charge in [0.05, 0.1) is 30.9 Å². The van der Waals surface area contributed by atoms with Gasteiger partial charge in [-0.15, -0.1) is 0 Å². The predicted molar refractivity (Wildman–Crippen MR) is 113 cm³/mol. The molecule has 1 saturated carbocycles. The normalized spacial score (nSPS) is 18.1. The molecule has 2 heterocycles. The second-order valence-corrected chi connectivity index (χ2v) is 8.05. The molecule has 1 aliphatic carbocycles. The number of carbonyl (C=O) groups excluding carboxylic acids is 1. The van der Waals surface area contributed by atoms with Crippen LogP contribution in [-0.4, -0.2) is 55.7 Å². The zero-order valence-corrected chi connectivity index (χ0v) is 17.4. The van der Waals surface area contributed by atoms with Crippen LogP contribution in [0.3, 0.4) is 0 Å². The molecule has 1 saturated heterocycles. The molecule has 29 heavy (non-hydrogen) atoms. The third-order valence-electron chi connectivity index (χ3n) is 5.97. The molecule has 2 aliphatic rings. The Labute approximate surface area is 176 Å². The van der Waals surface area contributed by atoms with E-state index < -0.39 is 0 Å². The molecule has 1 aromatic heterocycles. The quantitative estimate of drug-likeness (QED) is 0.778. The number of carbonyl (C=O) groups is 1. The minimum Gasteiger partial charge on any atom is -0.496 e. The number of aromatic nitrogens is 1. The molecular weight excluding hydrogens is 390 g/mol. The number of amides is 1. The summed E-state index contributed by atoms with van der Waals surface area (Å²) in [6.07, 6.45) is 4.97. The number of hydrogen-bond donors (Lipinski definition) is 1. The zero-order chi connectivity index (χ0) is 20.3. The monoisotopic (exact) mass is 415 g/mol. The number of nitrogens with one attached hydrogen (secondary N) is 1. The van der Waals surface area contributed by atoms with E-state index in [1.807, 2.05) is 12.1 Å². The Balaban J connectivity index is 1.47. The first-order chi connectivity index (χ1) is 14.1. The molecule has 1 amide bonds. The number of halogens is 1. The summed E-state index contributed by atoms with van der Waals surface area (Å²) < 4.78 is 10.9. The van der Waals surface area contributed by atoms with Crippen molar-refractivity contribution in [3.63, 3.8) is 0 Å². The first-order valence-corrected chi connectivity index (χ1v) is 10.4. The van der Waals surface area contributed by atoms with Gasteiger partial charge in [-0.05, 0) is 25.0 Å². The lowest BCUT2D eigenvalue weighted by molar-refractivity contribution is 0.0302. The number of anilines is 1. The second kappa shape index (κ2) is 8.59. The lowest BCUT2D eigenvalue weighted by Gasteiger charge is -2.43. The van der Waals surface area contributed by atoms with Crippen LogP contribution in [0.2, 0.25) is 5.02 Å². The fourth-order valence-electron chi connectivity index (χ4n) is 4.11. The standard InChI is InChI=1S/C22H26ClN3O3/c1-28-19-6-3-2-5-17(19)22(7-4-8-22)15-25-20-18(23)13-16(14-24-20)21(27)26-9-11-29-12-10-26/h2-3,5-6,13-14H,4,7-12,15H2,1H3,(H,24,25). The molecule has 7 heteroatoms. The van der Waals surface area contributed by atoms with Gasteiger partial charge in [0.2, 0.25) is 0 Å². The maximum Gasteiger partial charge on any atom is 0.255 e. The van der Waals surface area contributed by atoms with Crippen molar-refractivity contribution in [1.82, 2.24) is 9.88 Å². The molecule has 1 aromatic carbocycles. The number of ether oxygens (including phenoxy) is 2. The smallest absolute Gasteiger partial charge is 0.255 e. The van der Waals surface area contributed by atoms with E-state index in [0.717, 1.165) is 25.1 Å². The van der Waals surface area contributed by atoms with Gasteiger partial charge in [0.25, 0.3) is 5.91 Å². The van der Waals surface area contributed by atoms with Crippen LogP contribution in [0.15, 0.2) is 36.5 Å². The molecule has 0 radical (unpaired) electrons. The highest BCUT2D eigenvalue weighted by atomic mass is 35.5. The van der Waals surface area contributed by atoms with Crippen molar-refractivity contribution in [3.8, 4) is 5.75 Å². The van der Waals surface area contributed by atoms with E-state index in [0.29, 0.717) is 42.7 Å². The fourth-order valence-corrected chi connectivity index (χ4v) is 4.35. The highest BCUT2D eigenvalue weighted by Crippen LogP contribution is 2.47. The summed E-state index contributed by atoms with van der Waals surface area (Å²) in [6, 6.07) is 9.89. The zero-order valence-electron chi connectivity index (χ0n) is 16.6.